The molecule has 1 N–H and O–H groups in total. The first-order valence-corrected chi connectivity index (χ1v) is 10.2. The Labute approximate surface area is 161 Å². The van der Waals surface area contributed by atoms with Crippen LogP contribution in [0, 0.1) is 11.7 Å². The van der Waals surface area contributed by atoms with E-state index < -0.39 is 0 Å². The van der Waals surface area contributed by atoms with E-state index in [9.17, 15) is 14.0 Å². The Kier molecular flexibility index (Phi) is 5.00. The number of rotatable bonds is 5. The molecule has 2 aliphatic rings. The van der Waals surface area contributed by atoms with Gasteiger partial charge in [-0.15, -0.1) is 11.3 Å². The van der Waals surface area contributed by atoms with E-state index in [2.05, 4.69) is 5.32 Å². The van der Waals surface area contributed by atoms with Gasteiger partial charge in [-0.05, 0) is 44.0 Å². The van der Waals surface area contributed by atoms with Crippen molar-refractivity contribution in [2.75, 3.05) is 6.54 Å². The number of hydrogen-bond acceptors (Lipinski definition) is 4. The monoisotopic (exact) mass is 387 g/mol. The summed E-state index contributed by atoms with van der Waals surface area (Å²) >= 11 is 1.34. The molecule has 1 atom stereocenters. The second kappa shape index (κ2) is 7.43. The molecule has 1 aromatic heterocycles. The molecule has 0 bridgehead atoms. The molecule has 0 spiro atoms. The zero-order chi connectivity index (χ0) is 19.0. The van der Waals surface area contributed by atoms with E-state index >= 15 is 0 Å². The minimum absolute atomic E-state index is 0.00674. The first-order valence-electron chi connectivity index (χ1n) is 9.39. The number of fused-ring (bicyclic) bond motifs is 1. The van der Waals surface area contributed by atoms with Crippen LogP contribution in [0.1, 0.15) is 47.8 Å². The summed E-state index contributed by atoms with van der Waals surface area (Å²) in [6, 6.07) is 6.54. The predicted octanol–water partition coefficient (Wildman–Crippen LogP) is 4.37. The van der Waals surface area contributed by atoms with Crippen LogP contribution in [-0.2, 0) is 11.2 Å². The zero-order valence-electron chi connectivity index (χ0n) is 15.2. The molecular weight excluding hydrogens is 365 g/mol. The maximum Gasteiger partial charge on any atom is 0.223 e. The van der Waals surface area contributed by atoms with Gasteiger partial charge in [0.1, 0.15) is 17.7 Å². The Hall–Kier alpha value is -2.21. The van der Waals surface area contributed by atoms with Crippen LogP contribution in [0.2, 0.25) is 0 Å². The maximum absolute atomic E-state index is 14.1. The first-order chi connectivity index (χ1) is 13.0. The third kappa shape index (κ3) is 3.76. The molecule has 1 unspecified atom stereocenters. The van der Waals surface area contributed by atoms with Crippen LogP contribution in [0.15, 0.2) is 24.3 Å². The average Bonchev–Trinajstić information content (AvgIpc) is 3.38. The highest BCUT2D eigenvalue weighted by molar-refractivity contribution is 7.17. The number of hydrogen-bond donors (Lipinski definition) is 1. The van der Waals surface area contributed by atoms with Gasteiger partial charge in [-0.25, -0.2) is 4.39 Å². The van der Waals surface area contributed by atoms with Crippen molar-refractivity contribution in [2.24, 2.45) is 5.92 Å². The average molecular weight is 387 g/mol. The van der Waals surface area contributed by atoms with Gasteiger partial charge in [-0.1, -0.05) is 12.8 Å². The highest BCUT2D eigenvalue weighted by atomic mass is 32.1. The summed E-state index contributed by atoms with van der Waals surface area (Å²) in [5, 5.41) is 2.99. The van der Waals surface area contributed by atoms with Gasteiger partial charge < -0.3 is 10.1 Å². The second-order valence-electron chi connectivity index (χ2n) is 7.33. The van der Waals surface area contributed by atoms with E-state index in [1.54, 1.807) is 6.07 Å². The van der Waals surface area contributed by atoms with E-state index in [0.29, 0.717) is 29.2 Å². The number of amides is 1. The molecule has 4 rings (SSSR count). The summed E-state index contributed by atoms with van der Waals surface area (Å²) in [6.07, 6.45) is 4.53. The molecular formula is C21H22FNO3S. The van der Waals surface area contributed by atoms with Gasteiger partial charge in [-0.3, -0.25) is 9.59 Å². The van der Waals surface area contributed by atoms with Crippen molar-refractivity contribution in [3.05, 3.63) is 40.5 Å². The van der Waals surface area contributed by atoms with E-state index in [1.807, 2.05) is 6.07 Å². The molecule has 1 aliphatic carbocycles. The molecule has 1 fully saturated rings. The summed E-state index contributed by atoms with van der Waals surface area (Å²) in [4.78, 5) is 25.2. The molecule has 2 aromatic rings. The summed E-state index contributed by atoms with van der Waals surface area (Å²) in [5.74, 6) is 0.558. The number of carbonyl (C=O) groups is 2. The van der Waals surface area contributed by atoms with Gasteiger partial charge >= 0.3 is 0 Å². The lowest BCUT2D eigenvalue weighted by Gasteiger charge is -2.15. The van der Waals surface area contributed by atoms with E-state index in [0.717, 1.165) is 36.1 Å². The lowest BCUT2D eigenvalue weighted by Crippen LogP contribution is -2.37. The van der Waals surface area contributed by atoms with Crippen molar-refractivity contribution < 1.29 is 18.7 Å². The summed E-state index contributed by atoms with van der Waals surface area (Å²) < 4.78 is 20.2. The Balaban J connectivity index is 1.49. The highest BCUT2D eigenvalue weighted by Gasteiger charge is 2.29. The summed E-state index contributed by atoms with van der Waals surface area (Å²) in [7, 11) is 0. The Morgan fingerprint density at radius 1 is 1.26 bits per heavy atom. The van der Waals surface area contributed by atoms with Crippen LogP contribution in [0.5, 0.6) is 5.75 Å². The van der Waals surface area contributed by atoms with Crippen LogP contribution >= 0.6 is 11.3 Å². The number of Topliss-reactive ketones (excluding diaryl/α,β-unsaturated/α-hetero) is 1. The van der Waals surface area contributed by atoms with Gasteiger partial charge in [0.25, 0.3) is 0 Å². The van der Waals surface area contributed by atoms with Crippen molar-refractivity contribution in [2.45, 2.75) is 45.1 Å². The Morgan fingerprint density at radius 3 is 2.74 bits per heavy atom. The molecule has 2 heterocycles. The highest BCUT2D eigenvalue weighted by Crippen LogP contribution is 2.42. The van der Waals surface area contributed by atoms with Crippen LogP contribution < -0.4 is 10.1 Å². The van der Waals surface area contributed by atoms with Crippen LogP contribution in [-0.4, -0.2) is 24.3 Å². The Morgan fingerprint density at radius 2 is 2.04 bits per heavy atom. The first kappa shape index (κ1) is 18.2. The van der Waals surface area contributed by atoms with Crippen LogP contribution in [0.25, 0.3) is 10.4 Å². The second-order valence-corrected chi connectivity index (χ2v) is 8.42. The normalized spacial score (nSPS) is 19.0. The van der Waals surface area contributed by atoms with Crippen molar-refractivity contribution >= 4 is 23.0 Å². The number of thiophene rings is 1. The third-order valence-electron chi connectivity index (χ3n) is 5.31. The minimum Gasteiger partial charge on any atom is -0.487 e. The number of ether oxygens (including phenoxy) is 1. The summed E-state index contributed by atoms with van der Waals surface area (Å²) in [5.41, 5.74) is 1.48. The topological polar surface area (TPSA) is 55.4 Å². The maximum atomic E-state index is 14.1. The SMILES string of the molecule is CC(=O)c1ccc(-c2cc(F)cc3c2OC(CNC(=O)C2CCCC2)C3)s1. The van der Waals surface area contributed by atoms with Gasteiger partial charge in [0, 0.05) is 28.3 Å². The number of ketones is 1. The quantitative estimate of drug-likeness (QED) is 0.776. The smallest absolute Gasteiger partial charge is 0.223 e. The van der Waals surface area contributed by atoms with Crippen molar-refractivity contribution in [3.63, 3.8) is 0 Å². The molecule has 142 valence electrons. The van der Waals surface area contributed by atoms with Crippen LogP contribution in [0.3, 0.4) is 0 Å². The number of benzene rings is 1. The van der Waals surface area contributed by atoms with Gasteiger partial charge in [0.05, 0.1) is 11.4 Å². The zero-order valence-corrected chi connectivity index (χ0v) is 16.0. The standard InChI is InChI=1S/C21H22FNO3S/c1-12(24)18-6-7-19(27-18)17-10-15(22)8-14-9-16(26-20(14)17)11-23-21(25)13-4-2-3-5-13/h6-8,10,13,16H,2-5,9,11H2,1H3,(H,23,25). The number of halogens is 1. The molecule has 1 saturated carbocycles. The predicted molar refractivity (Wildman–Crippen MR) is 103 cm³/mol. The molecule has 27 heavy (non-hydrogen) atoms. The molecule has 1 aromatic carbocycles. The molecule has 6 heteroatoms. The fraction of sp³-hybridized carbons (Fsp3) is 0.429. The number of nitrogens with one attached hydrogen (secondary N) is 1. The molecule has 0 radical (unpaired) electrons. The fourth-order valence-electron chi connectivity index (χ4n) is 3.91. The van der Waals surface area contributed by atoms with E-state index in [1.165, 1.54) is 30.4 Å². The van der Waals surface area contributed by atoms with Crippen molar-refractivity contribution in [1.29, 1.82) is 0 Å². The lowest BCUT2D eigenvalue weighted by molar-refractivity contribution is -0.125. The van der Waals surface area contributed by atoms with Crippen molar-refractivity contribution in [3.8, 4) is 16.2 Å². The van der Waals surface area contributed by atoms with E-state index in [4.69, 9.17) is 4.74 Å². The third-order valence-corrected chi connectivity index (χ3v) is 6.53. The molecule has 4 nitrogen and oxygen atoms in total. The lowest BCUT2D eigenvalue weighted by atomic mass is 10.0. The Bertz CT molecular complexity index is 886. The minimum atomic E-state index is -0.319. The van der Waals surface area contributed by atoms with Gasteiger partial charge in [-0.2, -0.15) is 0 Å². The molecule has 1 amide bonds. The molecule has 1 aliphatic heterocycles. The summed E-state index contributed by atoms with van der Waals surface area (Å²) in [6.45, 7) is 1.94. The van der Waals surface area contributed by atoms with Gasteiger partial charge in [0.2, 0.25) is 5.91 Å². The van der Waals surface area contributed by atoms with Crippen molar-refractivity contribution in [1.82, 2.24) is 5.32 Å². The van der Waals surface area contributed by atoms with E-state index in [-0.39, 0.29) is 29.5 Å². The number of carbonyl (C=O) groups excluding carboxylic acids is 2. The van der Waals surface area contributed by atoms with Crippen LogP contribution in [0.4, 0.5) is 4.39 Å². The largest absolute Gasteiger partial charge is 0.487 e. The fourth-order valence-corrected chi connectivity index (χ4v) is 4.82. The molecule has 0 saturated heterocycles. The van der Waals surface area contributed by atoms with Gasteiger partial charge in [0.15, 0.2) is 5.78 Å².